The number of ketones is 2. The predicted molar refractivity (Wildman–Crippen MR) is 105 cm³/mol. The van der Waals surface area contributed by atoms with E-state index in [1.807, 2.05) is 12.1 Å². The highest BCUT2D eigenvalue weighted by Crippen LogP contribution is 2.36. The minimum Gasteiger partial charge on any atom is -0.490 e. The first kappa shape index (κ1) is 19.5. The van der Waals surface area contributed by atoms with Gasteiger partial charge in [0.25, 0.3) is 0 Å². The number of ether oxygens (including phenoxy) is 1. The fourth-order valence-electron chi connectivity index (χ4n) is 4.05. The van der Waals surface area contributed by atoms with Crippen LogP contribution in [0.25, 0.3) is 0 Å². The fourth-order valence-corrected chi connectivity index (χ4v) is 4.05. The minimum atomic E-state index is -0.132. The summed E-state index contributed by atoms with van der Waals surface area (Å²) < 4.78 is 6.12. The van der Waals surface area contributed by atoms with Gasteiger partial charge in [-0.05, 0) is 69.7 Å². The number of Topliss-reactive ketones (excluding diaryl/α,β-unsaturated/α-hetero) is 2. The first-order valence-corrected chi connectivity index (χ1v) is 9.98. The minimum absolute atomic E-state index is 0.0772. The molecule has 2 fully saturated rings. The number of likely N-dealkylation sites (N-methyl/N-ethyl adjacent to an activating group) is 1. The van der Waals surface area contributed by atoms with Crippen LogP contribution in [0, 0.1) is 11.8 Å². The molecule has 0 aliphatic heterocycles. The van der Waals surface area contributed by atoms with Crippen molar-refractivity contribution in [3.63, 3.8) is 0 Å². The highest BCUT2D eigenvalue weighted by atomic mass is 16.5. The van der Waals surface area contributed by atoms with Gasteiger partial charge >= 0.3 is 0 Å². The van der Waals surface area contributed by atoms with Crippen molar-refractivity contribution in [2.45, 2.75) is 58.0 Å². The topological polar surface area (TPSA) is 81.4 Å². The SMILES string of the molecule is CN/C(C(=O)c1ccc(OC2CCCC(C(=O)C3CCC3)C2)cc1)=C(\C)N. The van der Waals surface area contributed by atoms with Crippen molar-refractivity contribution >= 4 is 11.6 Å². The fraction of sp³-hybridized carbons (Fsp3) is 0.545. The van der Waals surface area contributed by atoms with Crippen molar-refractivity contribution in [3.8, 4) is 5.75 Å². The van der Waals surface area contributed by atoms with Crippen LogP contribution in [-0.2, 0) is 4.79 Å². The molecule has 0 radical (unpaired) electrons. The van der Waals surface area contributed by atoms with Crippen molar-refractivity contribution in [2.75, 3.05) is 7.05 Å². The molecular weight excluding hydrogens is 340 g/mol. The maximum atomic E-state index is 12.5. The van der Waals surface area contributed by atoms with Crippen LogP contribution >= 0.6 is 0 Å². The van der Waals surface area contributed by atoms with Crippen molar-refractivity contribution in [3.05, 3.63) is 41.2 Å². The van der Waals surface area contributed by atoms with E-state index < -0.39 is 0 Å². The van der Waals surface area contributed by atoms with Crippen molar-refractivity contribution in [1.82, 2.24) is 5.32 Å². The highest BCUT2D eigenvalue weighted by Gasteiger charge is 2.34. The van der Waals surface area contributed by atoms with Crippen LogP contribution in [0.5, 0.6) is 5.75 Å². The molecule has 3 rings (SSSR count). The first-order chi connectivity index (χ1) is 13.0. The van der Waals surface area contributed by atoms with Gasteiger partial charge < -0.3 is 15.8 Å². The molecule has 0 spiro atoms. The summed E-state index contributed by atoms with van der Waals surface area (Å²) in [6.45, 7) is 1.70. The third-order valence-electron chi connectivity index (χ3n) is 5.83. The maximum absolute atomic E-state index is 12.5. The Balaban J connectivity index is 1.60. The smallest absolute Gasteiger partial charge is 0.210 e. The van der Waals surface area contributed by atoms with Crippen molar-refractivity contribution in [2.24, 2.45) is 17.6 Å². The van der Waals surface area contributed by atoms with Gasteiger partial charge in [0, 0.05) is 30.1 Å². The number of carbonyl (C=O) groups is 2. The van der Waals surface area contributed by atoms with Crippen LogP contribution in [0.2, 0.25) is 0 Å². The van der Waals surface area contributed by atoms with E-state index in [2.05, 4.69) is 5.32 Å². The lowest BCUT2D eigenvalue weighted by Crippen LogP contribution is -2.35. The summed E-state index contributed by atoms with van der Waals surface area (Å²) in [6, 6.07) is 7.17. The van der Waals surface area contributed by atoms with Crippen molar-refractivity contribution in [1.29, 1.82) is 0 Å². The molecular formula is C22H30N2O3. The number of carbonyl (C=O) groups excluding carboxylic acids is 2. The number of nitrogens with two attached hydrogens (primary N) is 1. The van der Waals surface area contributed by atoms with Crippen LogP contribution in [0.15, 0.2) is 35.7 Å². The lowest BCUT2D eigenvalue weighted by Gasteiger charge is -2.33. The Hall–Kier alpha value is -2.30. The molecule has 1 aromatic carbocycles. The van der Waals surface area contributed by atoms with Crippen LogP contribution in [0.3, 0.4) is 0 Å². The van der Waals surface area contributed by atoms with E-state index >= 15 is 0 Å². The molecule has 2 atom stereocenters. The molecule has 0 heterocycles. The molecule has 146 valence electrons. The van der Waals surface area contributed by atoms with Gasteiger partial charge in [0.1, 0.15) is 17.2 Å². The van der Waals surface area contributed by atoms with Crippen LogP contribution in [-0.4, -0.2) is 24.7 Å². The molecule has 2 aliphatic rings. The largest absolute Gasteiger partial charge is 0.490 e. The van der Waals surface area contributed by atoms with Crippen LogP contribution in [0.1, 0.15) is 62.2 Å². The summed E-state index contributed by atoms with van der Waals surface area (Å²) in [4.78, 5) is 25.0. The van der Waals surface area contributed by atoms with Crippen molar-refractivity contribution < 1.29 is 14.3 Å². The lowest BCUT2D eigenvalue weighted by molar-refractivity contribution is -0.131. The van der Waals surface area contributed by atoms with Crippen LogP contribution in [0.4, 0.5) is 0 Å². The van der Waals surface area contributed by atoms with Gasteiger partial charge in [-0.25, -0.2) is 0 Å². The Morgan fingerprint density at radius 2 is 1.67 bits per heavy atom. The Bertz CT molecular complexity index is 716. The molecule has 2 unspecified atom stereocenters. The number of hydrogen-bond acceptors (Lipinski definition) is 5. The maximum Gasteiger partial charge on any atom is 0.210 e. The first-order valence-electron chi connectivity index (χ1n) is 9.98. The zero-order valence-electron chi connectivity index (χ0n) is 16.3. The molecule has 3 N–H and O–H groups in total. The number of benzene rings is 1. The van der Waals surface area contributed by atoms with Gasteiger partial charge in [-0.15, -0.1) is 0 Å². The van der Waals surface area contributed by atoms with Crippen LogP contribution < -0.4 is 15.8 Å². The second-order valence-electron chi connectivity index (χ2n) is 7.80. The van der Waals surface area contributed by atoms with Gasteiger partial charge in [0.2, 0.25) is 5.78 Å². The summed E-state index contributed by atoms with van der Waals surface area (Å²) in [5, 5.41) is 2.86. The number of hydrogen-bond donors (Lipinski definition) is 2. The quantitative estimate of drug-likeness (QED) is 0.566. The monoisotopic (exact) mass is 370 g/mol. The molecule has 2 saturated carbocycles. The number of allylic oxidation sites excluding steroid dienone is 2. The predicted octanol–water partition coefficient (Wildman–Crippen LogP) is 3.59. The lowest BCUT2D eigenvalue weighted by atomic mass is 9.73. The zero-order valence-corrected chi connectivity index (χ0v) is 16.3. The average Bonchev–Trinajstić information content (AvgIpc) is 2.61. The van der Waals surface area contributed by atoms with Gasteiger partial charge in [-0.1, -0.05) is 6.42 Å². The molecule has 27 heavy (non-hydrogen) atoms. The summed E-state index contributed by atoms with van der Waals surface area (Å²) in [7, 11) is 1.69. The van der Waals surface area contributed by atoms with E-state index in [0.29, 0.717) is 28.7 Å². The average molecular weight is 370 g/mol. The van der Waals surface area contributed by atoms with E-state index in [1.54, 1.807) is 26.1 Å². The van der Waals surface area contributed by atoms with Gasteiger partial charge in [0.15, 0.2) is 0 Å². The molecule has 5 nitrogen and oxygen atoms in total. The Morgan fingerprint density at radius 3 is 2.22 bits per heavy atom. The molecule has 1 aromatic rings. The summed E-state index contributed by atoms with van der Waals surface area (Å²) in [5.41, 5.74) is 7.20. The zero-order chi connectivity index (χ0) is 19.4. The molecule has 0 saturated heterocycles. The molecule has 0 amide bonds. The second-order valence-corrected chi connectivity index (χ2v) is 7.80. The van der Waals surface area contributed by atoms with Gasteiger partial charge in [-0.3, -0.25) is 9.59 Å². The molecule has 5 heteroatoms. The Kier molecular flexibility index (Phi) is 6.19. The third-order valence-corrected chi connectivity index (χ3v) is 5.83. The third kappa shape index (κ3) is 4.52. The second kappa shape index (κ2) is 8.59. The normalized spacial score (nSPS) is 23.8. The summed E-state index contributed by atoms with van der Waals surface area (Å²) in [6.07, 6.45) is 7.25. The molecule has 0 aromatic heterocycles. The highest BCUT2D eigenvalue weighted by molar-refractivity contribution is 6.08. The van der Waals surface area contributed by atoms with E-state index in [4.69, 9.17) is 10.5 Å². The van der Waals surface area contributed by atoms with E-state index in [1.165, 1.54) is 6.42 Å². The number of nitrogens with one attached hydrogen (secondary N) is 1. The summed E-state index contributed by atoms with van der Waals surface area (Å²) >= 11 is 0. The summed E-state index contributed by atoms with van der Waals surface area (Å²) in [5.74, 6) is 1.53. The van der Waals surface area contributed by atoms with E-state index in [-0.39, 0.29) is 17.8 Å². The standard InChI is InChI=1S/C22H30N2O3/c1-14(23)20(24-2)22(26)16-9-11-18(12-10-16)27-19-8-4-7-17(13-19)21(25)15-5-3-6-15/h9-12,15,17,19,24H,3-8,13,23H2,1-2H3/b20-14+. The van der Waals surface area contributed by atoms with E-state index in [0.717, 1.165) is 44.3 Å². The van der Waals surface area contributed by atoms with Gasteiger partial charge in [0.05, 0.1) is 6.10 Å². The Morgan fingerprint density at radius 1 is 1.04 bits per heavy atom. The van der Waals surface area contributed by atoms with E-state index in [9.17, 15) is 9.59 Å². The number of rotatable bonds is 7. The molecule has 0 bridgehead atoms. The van der Waals surface area contributed by atoms with Gasteiger partial charge in [-0.2, -0.15) is 0 Å². The Labute approximate surface area is 161 Å². The molecule has 2 aliphatic carbocycles.